The van der Waals surface area contributed by atoms with Gasteiger partial charge in [0.05, 0.1) is 17.1 Å². The molecule has 39 heavy (non-hydrogen) atoms. The zero-order valence-electron chi connectivity index (χ0n) is 22.3. The number of allylic oxidation sites excluding steroid dienone is 1. The number of halogens is 1. The van der Waals surface area contributed by atoms with Crippen LogP contribution >= 0.6 is 11.6 Å². The van der Waals surface area contributed by atoms with Gasteiger partial charge in [-0.1, -0.05) is 73.1 Å². The lowest BCUT2D eigenvalue weighted by atomic mass is 9.93. The zero-order chi connectivity index (χ0) is 26.9. The second kappa shape index (κ2) is 10.6. The third-order valence-electron chi connectivity index (χ3n) is 7.76. The van der Waals surface area contributed by atoms with Crippen molar-refractivity contribution in [2.45, 2.75) is 46.1 Å². The van der Waals surface area contributed by atoms with E-state index < -0.39 is 0 Å². The van der Waals surface area contributed by atoms with Gasteiger partial charge in [0.1, 0.15) is 5.82 Å². The van der Waals surface area contributed by atoms with Crippen molar-refractivity contribution >= 4 is 28.2 Å². The van der Waals surface area contributed by atoms with Gasteiger partial charge in [0.2, 0.25) is 0 Å². The van der Waals surface area contributed by atoms with Crippen LogP contribution in [0.1, 0.15) is 52.5 Å². The van der Waals surface area contributed by atoms with E-state index in [0.717, 1.165) is 70.8 Å². The molecule has 0 aliphatic heterocycles. The maximum absolute atomic E-state index is 9.57. The fourth-order valence-corrected chi connectivity index (χ4v) is 6.00. The highest BCUT2D eigenvalue weighted by Gasteiger charge is 2.19. The van der Waals surface area contributed by atoms with Crippen LogP contribution in [0.3, 0.4) is 0 Å². The van der Waals surface area contributed by atoms with Crippen molar-refractivity contribution in [1.29, 1.82) is 5.26 Å². The molecule has 0 bridgehead atoms. The van der Waals surface area contributed by atoms with Gasteiger partial charge in [-0.25, -0.2) is 4.98 Å². The molecule has 0 saturated heterocycles. The zero-order valence-corrected chi connectivity index (χ0v) is 23.1. The monoisotopic (exact) mass is 527 g/mol. The van der Waals surface area contributed by atoms with Crippen LogP contribution in [-0.2, 0) is 25.8 Å². The van der Waals surface area contributed by atoms with Crippen LogP contribution in [0.25, 0.3) is 27.7 Å². The maximum Gasteiger partial charge on any atom is 0.110 e. The molecule has 0 saturated carbocycles. The maximum atomic E-state index is 9.57. The number of rotatable bonds is 5. The van der Waals surface area contributed by atoms with E-state index in [1.54, 1.807) is 6.08 Å². The number of hydrogen-bond donors (Lipinski definition) is 0. The highest BCUT2D eigenvalue weighted by atomic mass is 35.5. The van der Waals surface area contributed by atoms with Crippen LogP contribution in [0, 0.1) is 18.3 Å². The third-order valence-corrected chi connectivity index (χ3v) is 8.01. The summed E-state index contributed by atoms with van der Waals surface area (Å²) in [7, 11) is 0. The Balaban J connectivity index is 1.44. The first kappa shape index (κ1) is 25.2. The fraction of sp³-hybridized carbons (Fsp3) is 0.200. The number of nitriles is 1. The van der Waals surface area contributed by atoms with Crippen molar-refractivity contribution < 1.29 is 0 Å². The third kappa shape index (κ3) is 4.78. The Morgan fingerprint density at radius 2 is 1.69 bits per heavy atom. The number of nitrogens with zero attached hydrogens (tertiary/aromatic N) is 3. The largest absolute Gasteiger partial charge is 0.323 e. The quantitative estimate of drug-likeness (QED) is 0.214. The second-order valence-electron chi connectivity index (χ2n) is 10.4. The van der Waals surface area contributed by atoms with Crippen molar-refractivity contribution in [2.24, 2.45) is 0 Å². The van der Waals surface area contributed by atoms with Gasteiger partial charge < -0.3 is 4.57 Å². The lowest BCUT2D eigenvalue weighted by Crippen LogP contribution is -2.06. The molecule has 1 aliphatic rings. The number of hydrogen-bond acceptors (Lipinski definition) is 2. The average Bonchev–Trinajstić information content (AvgIpc) is 3.20. The minimum Gasteiger partial charge on any atom is -0.323 e. The number of imidazole rings is 1. The molecule has 0 spiro atoms. The molecule has 1 heterocycles. The molecule has 192 valence electrons. The summed E-state index contributed by atoms with van der Waals surface area (Å²) in [4.78, 5) is 5.11. The molecule has 5 aromatic rings. The Morgan fingerprint density at radius 3 is 2.49 bits per heavy atom. The highest BCUT2D eigenvalue weighted by molar-refractivity contribution is 6.30. The summed E-state index contributed by atoms with van der Waals surface area (Å²) in [6.45, 7) is 5.11. The van der Waals surface area contributed by atoms with E-state index in [1.165, 1.54) is 33.4 Å². The van der Waals surface area contributed by atoms with Crippen LogP contribution in [0.15, 0.2) is 84.9 Å². The molecule has 0 N–H and O–H groups in total. The molecule has 4 heteroatoms. The van der Waals surface area contributed by atoms with Crippen molar-refractivity contribution in [2.75, 3.05) is 0 Å². The molecular weight excluding hydrogens is 498 g/mol. The molecule has 1 aromatic heterocycles. The van der Waals surface area contributed by atoms with Crippen molar-refractivity contribution in [3.63, 3.8) is 0 Å². The smallest absolute Gasteiger partial charge is 0.110 e. The SMILES string of the molecule is CCCc1nc2c(C)cc(-c3ccc(Cl)cc3)cc2n1Cc1ccc2c(c1)CCc1ccccc1C2=CC#N. The van der Waals surface area contributed by atoms with Gasteiger partial charge in [0, 0.05) is 24.1 Å². The van der Waals surface area contributed by atoms with E-state index >= 15 is 0 Å². The minimum atomic E-state index is 0.742. The first-order chi connectivity index (χ1) is 19.1. The molecule has 4 aromatic carbocycles. The lowest BCUT2D eigenvalue weighted by Gasteiger charge is -2.14. The topological polar surface area (TPSA) is 41.6 Å². The predicted molar refractivity (Wildman–Crippen MR) is 161 cm³/mol. The van der Waals surface area contributed by atoms with Crippen LogP contribution in [0.5, 0.6) is 0 Å². The summed E-state index contributed by atoms with van der Waals surface area (Å²) in [5.41, 5.74) is 12.9. The molecule has 0 atom stereocenters. The van der Waals surface area contributed by atoms with E-state index in [1.807, 2.05) is 12.1 Å². The van der Waals surface area contributed by atoms with Gasteiger partial charge in [-0.15, -0.1) is 0 Å². The van der Waals surface area contributed by atoms with E-state index in [-0.39, 0.29) is 0 Å². The molecule has 0 unspecified atom stereocenters. The Labute approximate surface area is 235 Å². The van der Waals surface area contributed by atoms with Crippen molar-refractivity contribution in [1.82, 2.24) is 9.55 Å². The standard InChI is InChI=1S/C35H30ClN3/c1-3-6-34-38-35-23(2)19-28(25-12-14-29(36)15-13-25)21-33(35)39(34)22-24-9-16-31-27(20-24)11-10-26-7-4-5-8-30(26)32(31)17-18-37/h4-5,7-9,12-17,19-21H,3,6,10-11,22H2,1-2H3. The van der Waals surface area contributed by atoms with E-state index in [4.69, 9.17) is 16.6 Å². The molecule has 3 nitrogen and oxygen atoms in total. The first-order valence-electron chi connectivity index (χ1n) is 13.6. The number of fused-ring (bicyclic) bond motifs is 3. The molecule has 0 fully saturated rings. The summed E-state index contributed by atoms with van der Waals surface area (Å²) in [6, 6.07) is 30.0. The number of aryl methyl sites for hydroxylation is 4. The van der Waals surface area contributed by atoms with Gasteiger partial charge >= 0.3 is 0 Å². The molecule has 0 amide bonds. The van der Waals surface area contributed by atoms with Crippen LogP contribution < -0.4 is 0 Å². The first-order valence-corrected chi connectivity index (χ1v) is 14.0. The Bertz CT molecular complexity index is 1770. The average molecular weight is 528 g/mol. The summed E-state index contributed by atoms with van der Waals surface area (Å²) in [5, 5.41) is 10.3. The van der Waals surface area contributed by atoms with E-state index in [2.05, 4.69) is 91.2 Å². The second-order valence-corrected chi connectivity index (χ2v) is 10.8. The molecule has 1 aliphatic carbocycles. The number of benzene rings is 4. The Kier molecular flexibility index (Phi) is 6.81. The van der Waals surface area contributed by atoms with Gasteiger partial charge in [0.15, 0.2) is 0 Å². The molecule has 6 rings (SSSR count). The lowest BCUT2D eigenvalue weighted by molar-refractivity contribution is 0.721. The summed E-state index contributed by atoms with van der Waals surface area (Å²) in [6.07, 6.45) is 5.59. The van der Waals surface area contributed by atoms with Crippen LogP contribution in [-0.4, -0.2) is 9.55 Å². The van der Waals surface area contributed by atoms with Crippen molar-refractivity contribution in [3.05, 3.63) is 129 Å². The Morgan fingerprint density at radius 1 is 0.923 bits per heavy atom. The predicted octanol–water partition coefficient (Wildman–Crippen LogP) is 8.72. The van der Waals surface area contributed by atoms with Gasteiger partial charge in [-0.3, -0.25) is 0 Å². The summed E-state index contributed by atoms with van der Waals surface area (Å²) in [5.74, 6) is 1.12. The minimum absolute atomic E-state index is 0.742. The van der Waals surface area contributed by atoms with Crippen molar-refractivity contribution in [3.8, 4) is 17.2 Å². The Hall–Kier alpha value is -4.13. The van der Waals surface area contributed by atoms with E-state index in [9.17, 15) is 5.26 Å². The highest BCUT2D eigenvalue weighted by Crippen LogP contribution is 2.35. The van der Waals surface area contributed by atoms with Crippen LogP contribution in [0.4, 0.5) is 0 Å². The van der Waals surface area contributed by atoms with Gasteiger partial charge in [-0.2, -0.15) is 5.26 Å². The van der Waals surface area contributed by atoms with E-state index in [0.29, 0.717) is 0 Å². The number of aromatic nitrogens is 2. The molecule has 0 radical (unpaired) electrons. The summed E-state index contributed by atoms with van der Waals surface area (Å²) >= 11 is 6.16. The summed E-state index contributed by atoms with van der Waals surface area (Å²) < 4.78 is 2.39. The fourth-order valence-electron chi connectivity index (χ4n) is 5.87. The van der Waals surface area contributed by atoms with Gasteiger partial charge in [-0.05, 0) is 101 Å². The molecular formula is C35H30ClN3. The normalized spacial score (nSPS) is 13.6. The van der Waals surface area contributed by atoms with Crippen LogP contribution in [0.2, 0.25) is 5.02 Å². The van der Waals surface area contributed by atoms with Gasteiger partial charge in [0.25, 0.3) is 0 Å².